The lowest BCUT2D eigenvalue weighted by Gasteiger charge is -2.04. The number of anilines is 1. The number of carbonyl (C=O) groups is 1. The molecule has 18 heavy (non-hydrogen) atoms. The minimum absolute atomic E-state index is 0.258. The summed E-state index contributed by atoms with van der Waals surface area (Å²) in [5, 5.41) is 4.21. The van der Waals surface area contributed by atoms with E-state index in [0.717, 1.165) is 17.1 Å². The van der Waals surface area contributed by atoms with E-state index in [1.54, 1.807) is 29.7 Å². The number of rotatable bonds is 5. The summed E-state index contributed by atoms with van der Waals surface area (Å²) in [5.74, 6) is -0.527. The predicted molar refractivity (Wildman–Crippen MR) is 71.6 cm³/mol. The van der Waals surface area contributed by atoms with Crippen LogP contribution in [0.3, 0.4) is 0 Å². The molecule has 0 unspecified atom stereocenters. The molecule has 0 atom stereocenters. The highest BCUT2D eigenvalue weighted by Gasteiger charge is 2.04. The molecular formula is C12H14N4OS. The van der Waals surface area contributed by atoms with Crippen molar-refractivity contribution in [3.63, 3.8) is 0 Å². The Morgan fingerprint density at radius 2 is 2.33 bits per heavy atom. The van der Waals surface area contributed by atoms with Gasteiger partial charge < -0.3 is 11.1 Å². The lowest BCUT2D eigenvalue weighted by Crippen LogP contribution is -2.13. The number of aromatic nitrogens is 2. The van der Waals surface area contributed by atoms with E-state index in [-0.39, 0.29) is 5.69 Å². The third-order valence-corrected chi connectivity index (χ3v) is 3.55. The monoisotopic (exact) mass is 262 g/mol. The van der Waals surface area contributed by atoms with Crippen molar-refractivity contribution in [1.82, 2.24) is 9.97 Å². The Bertz CT molecular complexity index is 553. The maximum absolute atomic E-state index is 11.0. The lowest BCUT2D eigenvalue weighted by atomic mass is 10.3. The number of primary amides is 1. The first-order chi connectivity index (χ1) is 8.69. The van der Waals surface area contributed by atoms with Gasteiger partial charge in [-0.1, -0.05) is 6.92 Å². The van der Waals surface area contributed by atoms with Gasteiger partial charge in [0.15, 0.2) is 0 Å². The number of nitrogens with one attached hydrogen (secondary N) is 1. The molecular weight excluding hydrogens is 248 g/mol. The molecule has 2 rings (SSSR count). The summed E-state index contributed by atoms with van der Waals surface area (Å²) in [5.41, 5.74) is 6.24. The molecule has 6 heteroatoms. The number of nitrogens with zero attached hydrogens (tertiary/aromatic N) is 2. The van der Waals surface area contributed by atoms with Gasteiger partial charge >= 0.3 is 0 Å². The second kappa shape index (κ2) is 5.59. The van der Waals surface area contributed by atoms with Gasteiger partial charge in [-0.15, -0.1) is 11.3 Å². The van der Waals surface area contributed by atoms with E-state index >= 15 is 0 Å². The molecule has 0 fully saturated rings. The van der Waals surface area contributed by atoms with Crippen LogP contribution in [0.2, 0.25) is 0 Å². The van der Waals surface area contributed by atoms with Crippen molar-refractivity contribution in [3.8, 4) is 0 Å². The third-order valence-electron chi connectivity index (χ3n) is 2.41. The molecule has 0 bridgehead atoms. The van der Waals surface area contributed by atoms with Crippen molar-refractivity contribution in [2.24, 2.45) is 5.73 Å². The number of pyridine rings is 1. The van der Waals surface area contributed by atoms with Gasteiger partial charge in [0, 0.05) is 23.0 Å². The minimum atomic E-state index is -0.527. The fourth-order valence-electron chi connectivity index (χ4n) is 1.45. The zero-order valence-electron chi connectivity index (χ0n) is 10.0. The number of nitrogens with two attached hydrogens (primary N) is 1. The van der Waals surface area contributed by atoms with Crippen molar-refractivity contribution in [2.75, 3.05) is 5.32 Å². The zero-order chi connectivity index (χ0) is 13.0. The molecule has 0 aliphatic carbocycles. The van der Waals surface area contributed by atoms with E-state index in [1.165, 1.54) is 4.88 Å². The van der Waals surface area contributed by atoms with Gasteiger partial charge in [0.25, 0.3) is 5.91 Å². The maximum atomic E-state index is 11.0. The van der Waals surface area contributed by atoms with E-state index in [2.05, 4.69) is 22.2 Å². The molecule has 0 radical (unpaired) electrons. The van der Waals surface area contributed by atoms with Crippen LogP contribution in [0.4, 0.5) is 5.69 Å². The fraction of sp³-hybridized carbons (Fsp3) is 0.250. The summed E-state index contributed by atoms with van der Waals surface area (Å²) in [4.78, 5) is 20.4. The van der Waals surface area contributed by atoms with Crippen molar-refractivity contribution < 1.29 is 4.79 Å². The van der Waals surface area contributed by atoms with E-state index in [4.69, 9.17) is 5.73 Å². The first-order valence-corrected chi connectivity index (χ1v) is 6.44. The average Bonchev–Trinajstić information content (AvgIpc) is 2.84. The zero-order valence-corrected chi connectivity index (χ0v) is 10.8. The minimum Gasteiger partial charge on any atom is -0.378 e. The highest BCUT2D eigenvalue weighted by atomic mass is 32.1. The van der Waals surface area contributed by atoms with Gasteiger partial charge in [-0.25, -0.2) is 4.98 Å². The van der Waals surface area contributed by atoms with Crippen LogP contribution in [0.25, 0.3) is 0 Å². The molecule has 5 nitrogen and oxygen atoms in total. The maximum Gasteiger partial charge on any atom is 0.267 e. The summed E-state index contributed by atoms with van der Waals surface area (Å²) in [6.45, 7) is 2.74. The Morgan fingerprint density at radius 3 is 3.00 bits per heavy atom. The normalized spacial score (nSPS) is 10.3. The van der Waals surface area contributed by atoms with Crippen LogP contribution in [0.15, 0.2) is 24.5 Å². The smallest absolute Gasteiger partial charge is 0.267 e. The van der Waals surface area contributed by atoms with Crippen LogP contribution in [0.1, 0.15) is 27.3 Å². The molecule has 94 valence electrons. The summed E-state index contributed by atoms with van der Waals surface area (Å²) in [6, 6.07) is 3.43. The molecule has 0 saturated carbocycles. The van der Waals surface area contributed by atoms with Crippen LogP contribution in [-0.2, 0) is 13.0 Å². The first-order valence-electron chi connectivity index (χ1n) is 5.62. The van der Waals surface area contributed by atoms with Gasteiger partial charge in [0.1, 0.15) is 10.7 Å². The first kappa shape index (κ1) is 12.5. The largest absolute Gasteiger partial charge is 0.378 e. The summed E-state index contributed by atoms with van der Waals surface area (Å²) >= 11 is 1.68. The van der Waals surface area contributed by atoms with Crippen LogP contribution in [0.5, 0.6) is 0 Å². The SMILES string of the molecule is CCc1cnc(CNc2ccnc(C(N)=O)c2)s1. The number of amides is 1. The Labute approximate surface area is 109 Å². The Kier molecular flexibility index (Phi) is 3.88. The van der Waals surface area contributed by atoms with Crippen LogP contribution >= 0.6 is 11.3 Å². The molecule has 3 N–H and O–H groups in total. The Hall–Kier alpha value is -1.95. The Balaban J connectivity index is 2.01. The standard InChI is InChI=1S/C12H14N4OS/c1-2-9-6-16-11(18-9)7-15-8-3-4-14-10(5-8)12(13)17/h3-6H,2,7H2,1H3,(H2,13,17)(H,14,15). The molecule has 2 aromatic heterocycles. The van der Waals surface area contributed by atoms with Crippen molar-refractivity contribution in [1.29, 1.82) is 0 Å². The summed E-state index contributed by atoms with van der Waals surface area (Å²) in [7, 11) is 0. The average molecular weight is 262 g/mol. The van der Waals surface area contributed by atoms with E-state index < -0.39 is 5.91 Å². The molecule has 0 aromatic carbocycles. The van der Waals surface area contributed by atoms with Crippen molar-refractivity contribution >= 4 is 22.9 Å². The van der Waals surface area contributed by atoms with E-state index in [1.807, 2.05) is 6.20 Å². The van der Waals surface area contributed by atoms with Gasteiger partial charge in [-0.3, -0.25) is 9.78 Å². The highest BCUT2D eigenvalue weighted by Crippen LogP contribution is 2.15. The second-order valence-electron chi connectivity index (χ2n) is 3.72. The van der Waals surface area contributed by atoms with Gasteiger partial charge in [-0.05, 0) is 18.6 Å². The molecule has 0 aliphatic rings. The quantitative estimate of drug-likeness (QED) is 0.861. The van der Waals surface area contributed by atoms with Gasteiger partial charge in [-0.2, -0.15) is 0 Å². The molecule has 0 saturated heterocycles. The lowest BCUT2D eigenvalue weighted by molar-refractivity contribution is 0.0995. The van der Waals surface area contributed by atoms with Crippen molar-refractivity contribution in [3.05, 3.63) is 40.1 Å². The Morgan fingerprint density at radius 1 is 1.50 bits per heavy atom. The molecule has 2 heterocycles. The van der Waals surface area contributed by atoms with Crippen molar-refractivity contribution in [2.45, 2.75) is 19.9 Å². The number of aryl methyl sites for hydroxylation is 1. The predicted octanol–water partition coefficient (Wildman–Crippen LogP) is 1.81. The number of carbonyl (C=O) groups excluding carboxylic acids is 1. The van der Waals surface area contributed by atoms with E-state index in [0.29, 0.717) is 6.54 Å². The highest BCUT2D eigenvalue weighted by molar-refractivity contribution is 7.11. The van der Waals surface area contributed by atoms with Crippen LogP contribution < -0.4 is 11.1 Å². The number of thiazole rings is 1. The third kappa shape index (κ3) is 3.04. The topological polar surface area (TPSA) is 80.9 Å². The fourth-order valence-corrected chi connectivity index (χ4v) is 2.25. The van der Waals surface area contributed by atoms with E-state index in [9.17, 15) is 4.79 Å². The summed E-state index contributed by atoms with van der Waals surface area (Å²) < 4.78 is 0. The second-order valence-corrected chi connectivity index (χ2v) is 4.92. The van der Waals surface area contributed by atoms with Crippen LogP contribution in [0, 0.1) is 0 Å². The van der Waals surface area contributed by atoms with Gasteiger partial charge in [0.2, 0.25) is 0 Å². The molecule has 0 spiro atoms. The number of hydrogen-bond acceptors (Lipinski definition) is 5. The number of hydrogen-bond donors (Lipinski definition) is 2. The van der Waals surface area contributed by atoms with Crippen LogP contribution in [-0.4, -0.2) is 15.9 Å². The molecule has 0 aliphatic heterocycles. The van der Waals surface area contributed by atoms with Gasteiger partial charge in [0.05, 0.1) is 6.54 Å². The summed E-state index contributed by atoms with van der Waals surface area (Å²) in [6.07, 6.45) is 4.45. The molecule has 1 amide bonds. The molecule has 2 aromatic rings.